The molecule has 126 valence electrons. The molecule has 0 radical (unpaired) electrons. The van der Waals surface area contributed by atoms with Crippen LogP contribution in [0.2, 0.25) is 0 Å². The Balaban J connectivity index is 1.46. The molecule has 2 heterocycles. The summed E-state index contributed by atoms with van der Waals surface area (Å²) >= 11 is 0. The molecule has 0 aliphatic carbocycles. The molecule has 1 atom stereocenters. The first kappa shape index (κ1) is 15.2. The SMILES string of the molecule is O=C(Nc1cccc(-c2nnco2)c1)NC1CCOc2ccccc21. The molecular weight excluding hydrogens is 320 g/mol. The number of ether oxygens (including phenoxy) is 1. The van der Waals surface area contributed by atoms with Gasteiger partial charge in [-0.05, 0) is 24.3 Å². The summed E-state index contributed by atoms with van der Waals surface area (Å²) in [6, 6.07) is 14.6. The van der Waals surface area contributed by atoms with Crippen molar-refractivity contribution in [2.75, 3.05) is 11.9 Å². The van der Waals surface area contributed by atoms with Crippen LogP contribution in [0.3, 0.4) is 0 Å². The Morgan fingerprint density at radius 2 is 2.08 bits per heavy atom. The maximum Gasteiger partial charge on any atom is 0.319 e. The van der Waals surface area contributed by atoms with Crippen molar-refractivity contribution in [1.82, 2.24) is 15.5 Å². The lowest BCUT2D eigenvalue weighted by atomic mass is 10.0. The van der Waals surface area contributed by atoms with E-state index < -0.39 is 0 Å². The third-order valence-corrected chi connectivity index (χ3v) is 3.99. The number of amides is 2. The number of carbonyl (C=O) groups is 1. The van der Waals surface area contributed by atoms with E-state index in [-0.39, 0.29) is 12.1 Å². The summed E-state index contributed by atoms with van der Waals surface area (Å²) in [6.07, 6.45) is 2.00. The number of carbonyl (C=O) groups excluding carboxylic acids is 1. The molecule has 2 aromatic carbocycles. The summed E-state index contributed by atoms with van der Waals surface area (Å²) in [5.41, 5.74) is 2.38. The number of nitrogens with zero attached hydrogens (tertiary/aromatic N) is 2. The highest BCUT2D eigenvalue weighted by Crippen LogP contribution is 2.31. The van der Waals surface area contributed by atoms with E-state index in [1.54, 1.807) is 12.1 Å². The largest absolute Gasteiger partial charge is 0.493 e. The number of hydrogen-bond acceptors (Lipinski definition) is 5. The average molecular weight is 336 g/mol. The maximum atomic E-state index is 12.4. The molecule has 1 unspecified atom stereocenters. The number of rotatable bonds is 3. The van der Waals surface area contributed by atoms with Gasteiger partial charge in [0.05, 0.1) is 12.6 Å². The summed E-state index contributed by atoms with van der Waals surface area (Å²) in [7, 11) is 0. The second kappa shape index (κ2) is 6.64. The van der Waals surface area contributed by atoms with Crippen molar-refractivity contribution in [3.63, 3.8) is 0 Å². The Hall–Kier alpha value is -3.35. The highest BCUT2D eigenvalue weighted by atomic mass is 16.5. The van der Waals surface area contributed by atoms with Crippen molar-refractivity contribution < 1.29 is 13.9 Å². The average Bonchev–Trinajstić information content (AvgIpc) is 3.17. The third kappa shape index (κ3) is 3.30. The monoisotopic (exact) mass is 336 g/mol. The normalized spacial score (nSPS) is 15.8. The van der Waals surface area contributed by atoms with E-state index >= 15 is 0 Å². The molecule has 25 heavy (non-hydrogen) atoms. The minimum atomic E-state index is -0.274. The van der Waals surface area contributed by atoms with Crippen LogP contribution in [0.4, 0.5) is 10.5 Å². The third-order valence-electron chi connectivity index (χ3n) is 3.99. The molecule has 1 aromatic heterocycles. The molecule has 0 fully saturated rings. The van der Waals surface area contributed by atoms with Gasteiger partial charge in [-0.3, -0.25) is 0 Å². The maximum absolute atomic E-state index is 12.4. The molecule has 4 rings (SSSR count). The predicted octanol–water partition coefficient (Wildman–Crippen LogP) is 3.38. The van der Waals surface area contributed by atoms with Crippen LogP contribution in [0.25, 0.3) is 11.5 Å². The van der Waals surface area contributed by atoms with E-state index in [1.165, 1.54) is 6.39 Å². The molecule has 0 saturated heterocycles. The topological polar surface area (TPSA) is 89.3 Å². The smallest absolute Gasteiger partial charge is 0.319 e. The molecule has 7 nitrogen and oxygen atoms in total. The lowest BCUT2D eigenvalue weighted by Gasteiger charge is -2.26. The van der Waals surface area contributed by atoms with Gasteiger partial charge in [0.1, 0.15) is 5.75 Å². The van der Waals surface area contributed by atoms with Gasteiger partial charge in [-0.2, -0.15) is 0 Å². The van der Waals surface area contributed by atoms with E-state index in [0.717, 1.165) is 23.3 Å². The molecule has 1 aliphatic rings. The summed E-state index contributed by atoms with van der Waals surface area (Å²) in [5, 5.41) is 13.4. The first-order chi connectivity index (χ1) is 12.3. The summed E-state index contributed by atoms with van der Waals surface area (Å²) in [6.45, 7) is 0.578. The van der Waals surface area contributed by atoms with Crippen molar-refractivity contribution in [1.29, 1.82) is 0 Å². The van der Waals surface area contributed by atoms with Crippen LogP contribution in [0.1, 0.15) is 18.0 Å². The van der Waals surface area contributed by atoms with E-state index in [2.05, 4.69) is 20.8 Å². The van der Waals surface area contributed by atoms with Gasteiger partial charge in [0, 0.05) is 23.2 Å². The van der Waals surface area contributed by atoms with Crippen LogP contribution >= 0.6 is 0 Å². The van der Waals surface area contributed by atoms with Gasteiger partial charge in [-0.1, -0.05) is 24.3 Å². The highest BCUT2D eigenvalue weighted by molar-refractivity contribution is 5.90. The Bertz CT molecular complexity index is 880. The number of fused-ring (bicyclic) bond motifs is 1. The molecule has 0 spiro atoms. The summed E-state index contributed by atoms with van der Waals surface area (Å²) < 4.78 is 10.8. The van der Waals surface area contributed by atoms with Gasteiger partial charge in [0.2, 0.25) is 12.3 Å². The van der Waals surface area contributed by atoms with Crippen molar-refractivity contribution >= 4 is 11.7 Å². The zero-order valence-corrected chi connectivity index (χ0v) is 13.3. The molecule has 0 bridgehead atoms. The van der Waals surface area contributed by atoms with E-state index in [0.29, 0.717) is 18.2 Å². The summed E-state index contributed by atoms with van der Waals surface area (Å²) in [4.78, 5) is 12.4. The minimum absolute atomic E-state index is 0.0796. The molecular formula is C18H16N4O3. The highest BCUT2D eigenvalue weighted by Gasteiger charge is 2.22. The fourth-order valence-electron chi connectivity index (χ4n) is 2.85. The Morgan fingerprint density at radius 1 is 1.16 bits per heavy atom. The Kier molecular flexibility index (Phi) is 4.04. The van der Waals surface area contributed by atoms with Crippen molar-refractivity contribution in [2.45, 2.75) is 12.5 Å². The van der Waals surface area contributed by atoms with Crippen LogP contribution < -0.4 is 15.4 Å². The predicted molar refractivity (Wildman–Crippen MR) is 91.2 cm³/mol. The number of hydrogen-bond donors (Lipinski definition) is 2. The molecule has 7 heteroatoms. The van der Waals surface area contributed by atoms with Crippen molar-refractivity contribution in [3.8, 4) is 17.2 Å². The number of benzene rings is 2. The van der Waals surface area contributed by atoms with Crippen LogP contribution in [-0.2, 0) is 0 Å². The van der Waals surface area contributed by atoms with Gasteiger partial charge < -0.3 is 19.8 Å². The fraction of sp³-hybridized carbons (Fsp3) is 0.167. The van der Waals surface area contributed by atoms with Crippen LogP contribution in [-0.4, -0.2) is 22.8 Å². The number of para-hydroxylation sites is 1. The van der Waals surface area contributed by atoms with E-state index in [1.807, 2.05) is 36.4 Å². The van der Waals surface area contributed by atoms with Crippen LogP contribution in [0, 0.1) is 0 Å². The molecule has 3 aromatic rings. The lowest BCUT2D eigenvalue weighted by Crippen LogP contribution is -2.35. The minimum Gasteiger partial charge on any atom is -0.493 e. The molecule has 1 aliphatic heterocycles. The van der Waals surface area contributed by atoms with Gasteiger partial charge in [0.25, 0.3) is 0 Å². The Labute approximate surface area is 144 Å². The molecule has 0 saturated carbocycles. The standard InChI is InChI=1S/C18H16N4O3/c23-18(21-15-8-9-24-16-7-2-1-6-14(15)16)20-13-5-3-4-12(10-13)17-22-19-11-25-17/h1-7,10-11,15H,8-9H2,(H2,20,21,23). The Morgan fingerprint density at radius 3 is 2.96 bits per heavy atom. The fourth-order valence-corrected chi connectivity index (χ4v) is 2.85. The second-order valence-corrected chi connectivity index (χ2v) is 5.65. The van der Waals surface area contributed by atoms with Gasteiger partial charge in [-0.25, -0.2) is 4.79 Å². The van der Waals surface area contributed by atoms with Crippen molar-refractivity contribution in [3.05, 3.63) is 60.5 Å². The molecule has 2 N–H and O–H groups in total. The van der Waals surface area contributed by atoms with Gasteiger partial charge >= 0.3 is 6.03 Å². The number of anilines is 1. The first-order valence-corrected chi connectivity index (χ1v) is 7.95. The van der Waals surface area contributed by atoms with Crippen LogP contribution in [0.5, 0.6) is 5.75 Å². The van der Waals surface area contributed by atoms with E-state index in [9.17, 15) is 4.79 Å². The number of urea groups is 1. The van der Waals surface area contributed by atoms with Gasteiger partial charge in [-0.15, -0.1) is 10.2 Å². The summed E-state index contributed by atoms with van der Waals surface area (Å²) in [5.74, 6) is 1.22. The zero-order chi connectivity index (χ0) is 17.1. The van der Waals surface area contributed by atoms with Crippen molar-refractivity contribution in [2.24, 2.45) is 0 Å². The lowest BCUT2D eigenvalue weighted by molar-refractivity contribution is 0.232. The van der Waals surface area contributed by atoms with Crippen LogP contribution in [0.15, 0.2) is 59.3 Å². The first-order valence-electron chi connectivity index (χ1n) is 7.95. The molecule has 2 amide bonds. The second-order valence-electron chi connectivity index (χ2n) is 5.65. The quantitative estimate of drug-likeness (QED) is 0.765. The number of nitrogens with one attached hydrogen (secondary N) is 2. The number of aromatic nitrogens is 2. The van der Waals surface area contributed by atoms with Gasteiger partial charge in [0.15, 0.2) is 0 Å². The van der Waals surface area contributed by atoms with E-state index in [4.69, 9.17) is 9.15 Å². The zero-order valence-electron chi connectivity index (χ0n) is 13.3.